The molecule has 0 heterocycles. The zero-order valence-electron chi connectivity index (χ0n) is 10.7. The summed E-state index contributed by atoms with van der Waals surface area (Å²) in [4.78, 5) is 0. The van der Waals surface area contributed by atoms with Gasteiger partial charge in [-0.1, -0.05) is 13.0 Å². The molecule has 1 atom stereocenters. The van der Waals surface area contributed by atoms with Gasteiger partial charge in [0.15, 0.2) is 0 Å². The minimum atomic E-state index is -4.32. The summed E-state index contributed by atoms with van der Waals surface area (Å²) < 4.78 is 51.3. The molecule has 1 aromatic rings. The highest BCUT2D eigenvalue weighted by Gasteiger charge is 2.34. The Morgan fingerprint density at radius 3 is 2.28 bits per heavy atom. The number of benzene rings is 1. The summed E-state index contributed by atoms with van der Waals surface area (Å²) in [6.07, 6.45) is -5.39. The first-order valence-corrected chi connectivity index (χ1v) is 5.81. The second-order valence-corrected chi connectivity index (χ2v) is 4.41. The van der Waals surface area contributed by atoms with Crippen LogP contribution in [0.25, 0.3) is 0 Å². The Bertz CT molecular complexity index is 389. The third-order valence-electron chi connectivity index (χ3n) is 2.72. The van der Waals surface area contributed by atoms with Gasteiger partial charge in [-0.25, -0.2) is 4.39 Å². The minimum absolute atomic E-state index is 0.111. The van der Waals surface area contributed by atoms with E-state index in [1.807, 2.05) is 0 Å². The van der Waals surface area contributed by atoms with Crippen molar-refractivity contribution in [3.8, 4) is 0 Å². The third kappa shape index (κ3) is 3.98. The van der Waals surface area contributed by atoms with Crippen LogP contribution in [0, 0.1) is 19.7 Å². The molecule has 0 saturated heterocycles. The molecule has 0 bridgehead atoms. The fourth-order valence-corrected chi connectivity index (χ4v) is 2.12. The van der Waals surface area contributed by atoms with Gasteiger partial charge in [0.2, 0.25) is 0 Å². The van der Waals surface area contributed by atoms with E-state index >= 15 is 0 Å². The molecule has 0 radical (unpaired) electrons. The molecule has 0 aromatic heterocycles. The Labute approximate surface area is 104 Å². The van der Waals surface area contributed by atoms with E-state index in [2.05, 4.69) is 5.32 Å². The Morgan fingerprint density at radius 2 is 1.83 bits per heavy atom. The van der Waals surface area contributed by atoms with Crippen molar-refractivity contribution < 1.29 is 17.6 Å². The van der Waals surface area contributed by atoms with E-state index in [9.17, 15) is 17.6 Å². The number of halogens is 4. The molecular weight excluding hydrogens is 246 g/mol. The average Bonchev–Trinajstić information content (AvgIpc) is 2.13. The number of aryl methyl sites for hydroxylation is 2. The monoisotopic (exact) mass is 263 g/mol. The van der Waals surface area contributed by atoms with Crippen LogP contribution in [0.4, 0.5) is 17.6 Å². The lowest BCUT2D eigenvalue weighted by molar-refractivity contribution is -0.140. The Kier molecular flexibility index (Phi) is 4.73. The van der Waals surface area contributed by atoms with E-state index in [0.717, 1.165) is 0 Å². The number of hydrogen-bond donors (Lipinski definition) is 1. The molecule has 102 valence electrons. The maximum atomic E-state index is 13.9. The van der Waals surface area contributed by atoms with Crippen LogP contribution in [-0.2, 0) is 0 Å². The van der Waals surface area contributed by atoms with Crippen molar-refractivity contribution in [3.05, 3.63) is 34.6 Å². The van der Waals surface area contributed by atoms with Crippen LogP contribution < -0.4 is 5.32 Å². The predicted molar refractivity (Wildman–Crippen MR) is 63.0 cm³/mol. The normalized spacial score (nSPS) is 13.7. The van der Waals surface area contributed by atoms with E-state index in [0.29, 0.717) is 17.7 Å². The van der Waals surface area contributed by atoms with Gasteiger partial charge in [0, 0.05) is 11.6 Å². The van der Waals surface area contributed by atoms with Crippen molar-refractivity contribution in [1.82, 2.24) is 5.32 Å². The van der Waals surface area contributed by atoms with Crippen molar-refractivity contribution in [2.45, 2.75) is 39.4 Å². The summed E-state index contributed by atoms with van der Waals surface area (Å²) in [5, 5.41) is 2.70. The highest BCUT2D eigenvalue weighted by Crippen LogP contribution is 2.32. The van der Waals surface area contributed by atoms with Crippen molar-refractivity contribution in [1.29, 1.82) is 0 Å². The average molecular weight is 263 g/mol. The quantitative estimate of drug-likeness (QED) is 0.808. The largest absolute Gasteiger partial charge is 0.390 e. The van der Waals surface area contributed by atoms with Gasteiger partial charge in [-0.2, -0.15) is 13.2 Å². The molecular formula is C13H17F4N. The van der Waals surface area contributed by atoms with Gasteiger partial charge in [0.25, 0.3) is 0 Å². The first-order chi connectivity index (χ1) is 8.24. The van der Waals surface area contributed by atoms with E-state index in [4.69, 9.17) is 0 Å². The van der Waals surface area contributed by atoms with Gasteiger partial charge >= 0.3 is 6.18 Å². The Balaban J connectivity index is 3.13. The van der Waals surface area contributed by atoms with Gasteiger partial charge in [-0.05, 0) is 37.6 Å². The first-order valence-electron chi connectivity index (χ1n) is 5.81. The zero-order valence-corrected chi connectivity index (χ0v) is 10.7. The lowest BCUT2D eigenvalue weighted by Crippen LogP contribution is -2.28. The smallest absolute Gasteiger partial charge is 0.310 e. The van der Waals surface area contributed by atoms with Crippen molar-refractivity contribution in [2.75, 3.05) is 6.54 Å². The summed E-state index contributed by atoms with van der Waals surface area (Å²) in [5.41, 5.74) is 1.36. The molecule has 1 rings (SSSR count). The number of nitrogens with one attached hydrogen (secondary N) is 1. The maximum absolute atomic E-state index is 13.9. The van der Waals surface area contributed by atoms with Crippen LogP contribution in [0.1, 0.15) is 36.1 Å². The lowest BCUT2D eigenvalue weighted by Gasteiger charge is -2.22. The zero-order chi connectivity index (χ0) is 13.9. The summed E-state index contributed by atoms with van der Waals surface area (Å²) >= 11 is 0. The molecule has 0 aliphatic rings. The predicted octanol–water partition coefficient (Wildman–Crippen LogP) is 4.05. The molecule has 0 aliphatic carbocycles. The Hall–Kier alpha value is -1.10. The fraction of sp³-hybridized carbons (Fsp3) is 0.538. The minimum Gasteiger partial charge on any atom is -0.310 e. The number of rotatable bonds is 4. The maximum Gasteiger partial charge on any atom is 0.390 e. The fourth-order valence-electron chi connectivity index (χ4n) is 2.12. The summed E-state index contributed by atoms with van der Waals surface area (Å²) in [5.74, 6) is -0.581. The van der Waals surface area contributed by atoms with Crippen LogP contribution in [0.3, 0.4) is 0 Å². The van der Waals surface area contributed by atoms with Gasteiger partial charge in [0.05, 0.1) is 6.42 Å². The number of alkyl halides is 3. The molecule has 1 aromatic carbocycles. The van der Waals surface area contributed by atoms with Gasteiger partial charge < -0.3 is 5.32 Å². The van der Waals surface area contributed by atoms with Crippen molar-refractivity contribution in [3.63, 3.8) is 0 Å². The summed E-state index contributed by atoms with van der Waals surface area (Å²) in [6, 6.07) is 1.93. The standard InChI is InChI=1S/C13H17F4N/c1-4-18-11(7-13(15,16)17)12-9(3)5-8(2)6-10(12)14/h5-6,11,18H,4,7H2,1-3H3. The van der Waals surface area contributed by atoms with Crippen molar-refractivity contribution >= 4 is 0 Å². The molecule has 0 aliphatic heterocycles. The summed E-state index contributed by atoms with van der Waals surface area (Å²) in [7, 11) is 0. The van der Waals surface area contributed by atoms with Crippen LogP contribution in [0.2, 0.25) is 0 Å². The molecule has 18 heavy (non-hydrogen) atoms. The third-order valence-corrected chi connectivity index (χ3v) is 2.72. The van der Waals surface area contributed by atoms with Crippen LogP contribution in [0.15, 0.2) is 12.1 Å². The lowest BCUT2D eigenvalue weighted by atomic mass is 9.96. The molecule has 1 N–H and O–H groups in total. The van der Waals surface area contributed by atoms with Crippen LogP contribution in [0.5, 0.6) is 0 Å². The summed E-state index contributed by atoms with van der Waals surface area (Å²) in [6.45, 7) is 5.40. The van der Waals surface area contributed by atoms with Gasteiger partial charge in [-0.15, -0.1) is 0 Å². The van der Waals surface area contributed by atoms with E-state index in [1.54, 1.807) is 26.8 Å². The van der Waals surface area contributed by atoms with Crippen LogP contribution >= 0.6 is 0 Å². The second kappa shape index (κ2) is 5.69. The van der Waals surface area contributed by atoms with Gasteiger partial charge in [-0.3, -0.25) is 0 Å². The highest BCUT2D eigenvalue weighted by molar-refractivity contribution is 5.34. The molecule has 0 spiro atoms. The SMILES string of the molecule is CCNC(CC(F)(F)F)c1c(C)cc(C)cc1F. The van der Waals surface area contributed by atoms with E-state index < -0.39 is 24.5 Å². The van der Waals surface area contributed by atoms with Gasteiger partial charge in [0.1, 0.15) is 5.82 Å². The first kappa shape index (κ1) is 15.0. The molecule has 1 nitrogen and oxygen atoms in total. The molecule has 1 unspecified atom stereocenters. The molecule has 5 heteroatoms. The number of hydrogen-bond acceptors (Lipinski definition) is 1. The second-order valence-electron chi connectivity index (χ2n) is 4.41. The molecule has 0 amide bonds. The van der Waals surface area contributed by atoms with E-state index in [-0.39, 0.29) is 5.56 Å². The van der Waals surface area contributed by atoms with Crippen molar-refractivity contribution in [2.24, 2.45) is 0 Å². The molecule has 0 fully saturated rings. The van der Waals surface area contributed by atoms with E-state index in [1.165, 1.54) is 6.07 Å². The molecule has 0 saturated carbocycles. The highest BCUT2D eigenvalue weighted by atomic mass is 19.4. The van der Waals surface area contributed by atoms with Crippen LogP contribution in [-0.4, -0.2) is 12.7 Å². The topological polar surface area (TPSA) is 12.0 Å². The Morgan fingerprint density at radius 1 is 1.22 bits per heavy atom.